The molecule has 3 heterocycles. The summed E-state index contributed by atoms with van der Waals surface area (Å²) in [7, 11) is 0. The van der Waals surface area contributed by atoms with Crippen LogP contribution in [0.15, 0.2) is 12.4 Å². The Bertz CT molecular complexity index is 636. The molecule has 5 nitrogen and oxygen atoms in total. The molecule has 0 N–H and O–H groups in total. The molecule has 1 spiro atoms. The van der Waals surface area contributed by atoms with E-state index >= 15 is 0 Å². The van der Waals surface area contributed by atoms with E-state index in [0.29, 0.717) is 17.3 Å². The molecule has 0 atom stereocenters. The van der Waals surface area contributed by atoms with Crippen molar-refractivity contribution in [2.45, 2.75) is 39.2 Å². The minimum absolute atomic E-state index is 0.398. The lowest BCUT2D eigenvalue weighted by Gasteiger charge is -2.53. The molecule has 1 saturated carbocycles. The quantitative estimate of drug-likeness (QED) is 0.861. The van der Waals surface area contributed by atoms with Gasteiger partial charge >= 0.3 is 0 Å². The first-order valence-electron chi connectivity index (χ1n) is 7.41. The van der Waals surface area contributed by atoms with Crippen LogP contribution in [0.4, 0.5) is 0 Å². The number of rotatable bonds is 3. The molecule has 1 aliphatic carbocycles. The van der Waals surface area contributed by atoms with Crippen LogP contribution in [0.5, 0.6) is 0 Å². The van der Waals surface area contributed by atoms with Crippen LogP contribution in [-0.4, -0.2) is 33.0 Å². The minimum atomic E-state index is 0.398. The van der Waals surface area contributed by atoms with Crippen LogP contribution in [0.3, 0.4) is 0 Å². The van der Waals surface area contributed by atoms with E-state index in [9.17, 15) is 0 Å². The molecule has 2 aromatic rings. The second-order valence-electron chi connectivity index (χ2n) is 6.75. The molecule has 0 unspecified atom stereocenters. The average molecular weight is 272 g/mol. The summed E-state index contributed by atoms with van der Waals surface area (Å²) in [5, 5.41) is 4.47. The Labute approximate surface area is 118 Å². The minimum Gasteiger partial charge on any atom is -0.380 e. The first-order valence-corrected chi connectivity index (χ1v) is 7.41. The van der Waals surface area contributed by atoms with Crippen LogP contribution in [0, 0.1) is 11.3 Å². The van der Waals surface area contributed by atoms with Crippen LogP contribution in [0.2, 0.25) is 0 Å². The lowest BCUT2D eigenvalue weighted by atomic mass is 9.61. The lowest BCUT2D eigenvalue weighted by molar-refractivity contribution is -0.181. The molecule has 2 aromatic heterocycles. The van der Waals surface area contributed by atoms with Gasteiger partial charge in [-0.1, -0.05) is 13.8 Å². The third-order valence-electron chi connectivity index (χ3n) is 4.65. The van der Waals surface area contributed by atoms with Gasteiger partial charge < -0.3 is 4.74 Å². The number of aromatic nitrogens is 4. The van der Waals surface area contributed by atoms with Gasteiger partial charge in [-0.2, -0.15) is 5.10 Å². The third-order valence-corrected chi connectivity index (χ3v) is 4.65. The van der Waals surface area contributed by atoms with E-state index in [1.54, 1.807) is 0 Å². The maximum Gasteiger partial charge on any atom is 0.177 e. The first kappa shape index (κ1) is 12.3. The van der Waals surface area contributed by atoms with Gasteiger partial charge in [-0.25, -0.2) is 14.6 Å². The molecule has 0 aromatic carbocycles. The molecule has 2 fully saturated rings. The Hall–Kier alpha value is -1.49. The normalized spacial score (nSPS) is 21.4. The van der Waals surface area contributed by atoms with E-state index in [4.69, 9.17) is 9.72 Å². The van der Waals surface area contributed by atoms with Crippen molar-refractivity contribution in [1.29, 1.82) is 0 Å². The Morgan fingerprint density at radius 3 is 2.80 bits per heavy atom. The van der Waals surface area contributed by atoms with E-state index in [-0.39, 0.29) is 0 Å². The van der Waals surface area contributed by atoms with Gasteiger partial charge in [0.15, 0.2) is 5.65 Å². The SMILES string of the molecule is CC(C)c1cnc2cnn(CC3CC4(COC4)C3)c2n1. The second-order valence-corrected chi connectivity index (χ2v) is 6.75. The van der Waals surface area contributed by atoms with E-state index in [1.165, 1.54) is 12.8 Å². The second kappa shape index (κ2) is 4.25. The monoisotopic (exact) mass is 272 g/mol. The zero-order valence-corrected chi connectivity index (χ0v) is 12.0. The van der Waals surface area contributed by atoms with Gasteiger partial charge in [-0.15, -0.1) is 0 Å². The highest BCUT2D eigenvalue weighted by Crippen LogP contribution is 2.51. The summed E-state index contributed by atoms with van der Waals surface area (Å²) in [5.74, 6) is 1.11. The number of hydrogen-bond acceptors (Lipinski definition) is 4. The van der Waals surface area contributed by atoms with Crippen molar-refractivity contribution >= 4 is 11.2 Å². The van der Waals surface area contributed by atoms with Crippen molar-refractivity contribution in [2.24, 2.45) is 11.3 Å². The van der Waals surface area contributed by atoms with Gasteiger partial charge in [0.2, 0.25) is 0 Å². The van der Waals surface area contributed by atoms with E-state index in [1.807, 2.05) is 17.1 Å². The standard InChI is InChI=1S/C15H20N4O/c1-10(2)12-5-16-13-6-17-19(14(13)18-12)7-11-3-15(4-11)8-20-9-15/h5-6,10-11H,3-4,7-9H2,1-2H3. The van der Waals surface area contributed by atoms with Gasteiger partial charge in [0, 0.05) is 18.2 Å². The van der Waals surface area contributed by atoms with Crippen LogP contribution < -0.4 is 0 Å². The van der Waals surface area contributed by atoms with Crippen molar-refractivity contribution in [1.82, 2.24) is 19.7 Å². The fourth-order valence-electron chi connectivity index (χ4n) is 3.44. The highest BCUT2D eigenvalue weighted by atomic mass is 16.5. The Kier molecular flexibility index (Phi) is 2.61. The third kappa shape index (κ3) is 1.84. The zero-order valence-electron chi connectivity index (χ0n) is 12.0. The molecular formula is C15H20N4O. The maximum absolute atomic E-state index is 5.33. The molecule has 106 valence electrons. The van der Waals surface area contributed by atoms with Crippen LogP contribution >= 0.6 is 0 Å². The van der Waals surface area contributed by atoms with Gasteiger partial charge in [-0.05, 0) is 24.7 Å². The predicted octanol–water partition coefficient (Wildman–Crippen LogP) is 2.38. The summed E-state index contributed by atoms with van der Waals surface area (Å²) >= 11 is 0. The largest absolute Gasteiger partial charge is 0.380 e. The summed E-state index contributed by atoms with van der Waals surface area (Å²) < 4.78 is 7.36. The topological polar surface area (TPSA) is 52.8 Å². The van der Waals surface area contributed by atoms with Crippen molar-refractivity contribution in [2.75, 3.05) is 13.2 Å². The zero-order chi connectivity index (χ0) is 13.7. The molecule has 5 heteroatoms. The molecule has 4 rings (SSSR count). The maximum atomic E-state index is 5.33. The van der Waals surface area contributed by atoms with Crippen molar-refractivity contribution < 1.29 is 4.74 Å². The smallest absolute Gasteiger partial charge is 0.177 e. The number of hydrogen-bond donors (Lipinski definition) is 0. The average Bonchev–Trinajstić information content (AvgIpc) is 2.73. The predicted molar refractivity (Wildman–Crippen MR) is 75.4 cm³/mol. The summed E-state index contributed by atoms with van der Waals surface area (Å²) in [6, 6.07) is 0. The number of nitrogens with zero attached hydrogens (tertiary/aromatic N) is 4. The van der Waals surface area contributed by atoms with Crippen molar-refractivity contribution in [3.63, 3.8) is 0 Å². The molecule has 0 amide bonds. The molecule has 1 aliphatic heterocycles. The van der Waals surface area contributed by atoms with Gasteiger partial charge in [0.1, 0.15) is 5.52 Å². The summed E-state index contributed by atoms with van der Waals surface area (Å²) in [6.07, 6.45) is 6.23. The summed E-state index contributed by atoms with van der Waals surface area (Å²) in [4.78, 5) is 9.19. The molecule has 20 heavy (non-hydrogen) atoms. The fraction of sp³-hybridized carbons (Fsp3) is 0.667. The fourth-order valence-corrected chi connectivity index (χ4v) is 3.44. The highest BCUT2D eigenvalue weighted by molar-refractivity contribution is 5.69. The van der Waals surface area contributed by atoms with Crippen LogP contribution in [-0.2, 0) is 11.3 Å². The summed E-state index contributed by atoms with van der Waals surface area (Å²) in [6.45, 7) is 7.16. The number of ether oxygens (including phenoxy) is 1. The van der Waals surface area contributed by atoms with E-state index in [0.717, 1.165) is 36.6 Å². The molecule has 0 bridgehead atoms. The number of fused-ring (bicyclic) bond motifs is 1. The Morgan fingerprint density at radius 2 is 2.15 bits per heavy atom. The first-order chi connectivity index (χ1) is 9.65. The van der Waals surface area contributed by atoms with Crippen LogP contribution in [0.1, 0.15) is 38.3 Å². The lowest BCUT2D eigenvalue weighted by Crippen LogP contribution is -2.53. The van der Waals surface area contributed by atoms with Gasteiger partial charge in [-0.3, -0.25) is 0 Å². The molecular weight excluding hydrogens is 252 g/mol. The van der Waals surface area contributed by atoms with Crippen LogP contribution in [0.25, 0.3) is 11.2 Å². The molecule has 0 radical (unpaired) electrons. The molecule has 1 saturated heterocycles. The van der Waals surface area contributed by atoms with E-state index < -0.39 is 0 Å². The highest BCUT2D eigenvalue weighted by Gasteiger charge is 2.49. The Morgan fingerprint density at radius 1 is 1.35 bits per heavy atom. The Balaban J connectivity index is 1.55. The molecule has 2 aliphatic rings. The van der Waals surface area contributed by atoms with Gasteiger partial charge in [0.05, 0.1) is 25.1 Å². The van der Waals surface area contributed by atoms with Crippen molar-refractivity contribution in [3.05, 3.63) is 18.1 Å². The summed E-state index contributed by atoms with van der Waals surface area (Å²) in [5.41, 5.74) is 3.39. The van der Waals surface area contributed by atoms with Gasteiger partial charge in [0.25, 0.3) is 0 Å². The van der Waals surface area contributed by atoms with Crippen molar-refractivity contribution in [3.8, 4) is 0 Å². The van der Waals surface area contributed by atoms with E-state index in [2.05, 4.69) is 23.9 Å².